The second-order valence-corrected chi connectivity index (χ2v) is 4.39. The highest BCUT2D eigenvalue weighted by atomic mass is 16.1. The lowest BCUT2D eigenvalue weighted by Gasteiger charge is -2.26. The maximum absolute atomic E-state index is 11.3. The Kier molecular flexibility index (Phi) is 1.85. The van der Waals surface area contributed by atoms with Crippen molar-refractivity contribution in [2.75, 3.05) is 7.05 Å². The second kappa shape index (κ2) is 2.75. The van der Waals surface area contributed by atoms with Gasteiger partial charge < -0.3 is 5.32 Å². The second-order valence-electron chi connectivity index (χ2n) is 4.39. The van der Waals surface area contributed by atoms with E-state index in [0.717, 1.165) is 12.8 Å². The molecular weight excluding hydrogens is 150 g/mol. The van der Waals surface area contributed by atoms with E-state index in [1.165, 1.54) is 25.7 Å². The van der Waals surface area contributed by atoms with Crippen molar-refractivity contribution < 1.29 is 4.79 Å². The van der Waals surface area contributed by atoms with Gasteiger partial charge in [0.05, 0.1) is 0 Å². The maximum Gasteiger partial charge on any atom is 0.222 e. The molecule has 2 nitrogen and oxygen atoms in total. The minimum absolute atomic E-state index is 0.255. The van der Waals surface area contributed by atoms with Crippen molar-refractivity contribution in [3.05, 3.63) is 0 Å². The van der Waals surface area contributed by atoms with E-state index in [-0.39, 0.29) is 5.91 Å². The van der Waals surface area contributed by atoms with Gasteiger partial charge >= 0.3 is 0 Å². The number of hydrogen-bond donors (Lipinski definition) is 1. The molecule has 1 N–H and O–H groups in total. The lowest BCUT2D eigenvalue weighted by Crippen LogP contribution is -2.30. The highest BCUT2D eigenvalue weighted by Gasteiger charge is 2.45. The Morgan fingerprint density at radius 2 is 1.83 bits per heavy atom. The van der Waals surface area contributed by atoms with Gasteiger partial charge in [0, 0.05) is 13.0 Å². The molecule has 68 valence electrons. The Morgan fingerprint density at radius 3 is 2.25 bits per heavy atom. The van der Waals surface area contributed by atoms with Crippen LogP contribution in [0.15, 0.2) is 0 Å². The molecule has 0 radical (unpaired) electrons. The Balaban J connectivity index is 1.85. The summed E-state index contributed by atoms with van der Waals surface area (Å²) in [7, 11) is 1.74. The largest absolute Gasteiger partial charge is 0.359 e. The fourth-order valence-corrected chi connectivity index (χ4v) is 2.37. The molecule has 0 aromatic carbocycles. The lowest BCUT2D eigenvalue weighted by molar-refractivity contribution is -0.125. The van der Waals surface area contributed by atoms with Crippen molar-refractivity contribution in [3.63, 3.8) is 0 Å². The minimum Gasteiger partial charge on any atom is -0.359 e. The number of carbonyl (C=O) groups excluding carboxylic acids is 1. The Hall–Kier alpha value is -0.530. The summed E-state index contributed by atoms with van der Waals surface area (Å²) < 4.78 is 0. The predicted molar refractivity (Wildman–Crippen MR) is 47.7 cm³/mol. The van der Waals surface area contributed by atoms with Gasteiger partial charge in [0.2, 0.25) is 5.91 Å². The van der Waals surface area contributed by atoms with Gasteiger partial charge in [-0.05, 0) is 43.9 Å². The highest BCUT2D eigenvalue weighted by molar-refractivity contribution is 5.78. The predicted octanol–water partition coefficient (Wildman–Crippen LogP) is 1.70. The first kappa shape index (κ1) is 8.09. The van der Waals surface area contributed by atoms with E-state index in [9.17, 15) is 4.79 Å². The Bertz CT molecular complexity index is 186. The first-order chi connectivity index (χ1) is 5.76. The molecular formula is C10H17NO. The van der Waals surface area contributed by atoms with Crippen LogP contribution in [0.1, 0.15) is 38.5 Å². The number of carbonyl (C=O) groups is 1. The molecule has 0 unspecified atom stereocenters. The van der Waals surface area contributed by atoms with Crippen LogP contribution in [0, 0.1) is 11.3 Å². The number of amides is 1. The lowest BCUT2D eigenvalue weighted by atomic mass is 9.79. The van der Waals surface area contributed by atoms with Gasteiger partial charge in [-0.1, -0.05) is 0 Å². The molecule has 1 spiro atoms. The first-order valence-electron chi connectivity index (χ1n) is 4.97. The van der Waals surface area contributed by atoms with E-state index in [2.05, 4.69) is 5.32 Å². The van der Waals surface area contributed by atoms with Gasteiger partial charge in [-0.25, -0.2) is 0 Å². The van der Waals surface area contributed by atoms with Crippen LogP contribution in [-0.4, -0.2) is 13.0 Å². The van der Waals surface area contributed by atoms with Crippen molar-refractivity contribution in [2.24, 2.45) is 11.3 Å². The molecule has 2 aliphatic rings. The van der Waals surface area contributed by atoms with E-state index in [4.69, 9.17) is 0 Å². The fraction of sp³-hybridized carbons (Fsp3) is 0.900. The molecule has 0 heterocycles. The maximum atomic E-state index is 11.3. The summed E-state index contributed by atoms with van der Waals surface area (Å²) in [6.07, 6.45) is 7.69. The van der Waals surface area contributed by atoms with E-state index in [1.54, 1.807) is 7.05 Å². The van der Waals surface area contributed by atoms with Crippen LogP contribution < -0.4 is 5.32 Å². The van der Waals surface area contributed by atoms with Crippen LogP contribution in [0.25, 0.3) is 0 Å². The molecule has 1 amide bonds. The summed E-state index contributed by atoms with van der Waals surface area (Å²) >= 11 is 0. The average molecular weight is 167 g/mol. The smallest absolute Gasteiger partial charge is 0.222 e. The number of rotatable bonds is 1. The molecule has 0 bridgehead atoms. The van der Waals surface area contributed by atoms with Crippen LogP contribution in [0.4, 0.5) is 0 Å². The standard InChI is InChI=1S/C10H17NO/c1-11-9(12)8-2-4-10(5-3-8)6-7-10/h8H,2-7H2,1H3,(H,11,12). The molecule has 0 aromatic rings. The Morgan fingerprint density at radius 1 is 1.25 bits per heavy atom. The van der Waals surface area contributed by atoms with Gasteiger partial charge in [0.25, 0.3) is 0 Å². The zero-order chi connectivity index (χ0) is 8.60. The SMILES string of the molecule is CNC(=O)C1CCC2(CC1)CC2. The zero-order valence-corrected chi connectivity index (χ0v) is 7.73. The first-order valence-corrected chi connectivity index (χ1v) is 4.97. The third-order valence-corrected chi connectivity index (χ3v) is 3.62. The van der Waals surface area contributed by atoms with Crippen LogP contribution in [0.3, 0.4) is 0 Å². The number of hydrogen-bond acceptors (Lipinski definition) is 1. The van der Waals surface area contributed by atoms with Crippen LogP contribution in [0.2, 0.25) is 0 Å². The van der Waals surface area contributed by atoms with Crippen molar-refractivity contribution in [1.82, 2.24) is 5.32 Å². The molecule has 12 heavy (non-hydrogen) atoms. The highest BCUT2D eigenvalue weighted by Crippen LogP contribution is 2.57. The molecule has 0 saturated heterocycles. The minimum atomic E-state index is 0.255. The summed E-state index contributed by atoms with van der Waals surface area (Å²) in [5, 5.41) is 2.74. The van der Waals surface area contributed by atoms with Gasteiger partial charge in [-0.2, -0.15) is 0 Å². The topological polar surface area (TPSA) is 29.1 Å². The molecule has 2 aliphatic carbocycles. The average Bonchev–Trinajstić information content (AvgIpc) is 2.85. The molecule has 0 aromatic heterocycles. The summed E-state index contributed by atoms with van der Waals surface area (Å²) in [5.74, 6) is 0.576. The van der Waals surface area contributed by atoms with Gasteiger partial charge in [0.15, 0.2) is 0 Å². The molecule has 2 heteroatoms. The van der Waals surface area contributed by atoms with Crippen LogP contribution in [-0.2, 0) is 4.79 Å². The van der Waals surface area contributed by atoms with Crippen molar-refractivity contribution in [2.45, 2.75) is 38.5 Å². The molecule has 2 rings (SSSR count). The summed E-state index contributed by atoms with van der Waals surface area (Å²) in [6, 6.07) is 0. The summed E-state index contributed by atoms with van der Waals surface area (Å²) in [5.41, 5.74) is 0.713. The monoisotopic (exact) mass is 167 g/mol. The Labute approximate surface area is 73.7 Å². The zero-order valence-electron chi connectivity index (χ0n) is 7.73. The van der Waals surface area contributed by atoms with E-state index < -0.39 is 0 Å². The van der Waals surface area contributed by atoms with Gasteiger partial charge in [0.1, 0.15) is 0 Å². The summed E-state index contributed by atoms with van der Waals surface area (Å²) in [6.45, 7) is 0. The normalized spacial score (nSPS) is 27.1. The van der Waals surface area contributed by atoms with Crippen LogP contribution >= 0.6 is 0 Å². The van der Waals surface area contributed by atoms with E-state index >= 15 is 0 Å². The van der Waals surface area contributed by atoms with Gasteiger partial charge in [-0.15, -0.1) is 0 Å². The van der Waals surface area contributed by atoms with Gasteiger partial charge in [-0.3, -0.25) is 4.79 Å². The molecule has 2 saturated carbocycles. The third kappa shape index (κ3) is 1.35. The van der Waals surface area contributed by atoms with Crippen molar-refractivity contribution in [1.29, 1.82) is 0 Å². The van der Waals surface area contributed by atoms with Crippen molar-refractivity contribution >= 4 is 5.91 Å². The van der Waals surface area contributed by atoms with Crippen LogP contribution in [0.5, 0.6) is 0 Å². The quantitative estimate of drug-likeness (QED) is 0.632. The third-order valence-electron chi connectivity index (χ3n) is 3.62. The molecule has 0 atom stereocenters. The molecule has 2 fully saturated rings. The molecule has 0 aliphatic heterocycles. The fourth-order valence-electron chi connectivity index (χ4n) is 2.37. The van der Waals surface area contributed by atoms with E-state index in [1.807, 2.05) is 0 Å². The van der Waals surface area contributed by atoms with Crippen molar-refractivity contribution in [3.8, 4) is 0 Å². The summed E-state index contributed by atoms with van der Waals surface area (Å²) in [4.78, 5) is 11.3. The number of nitrogens with one attached hydrogen (secondary N) is 1. The van der Waals surface area contributed by atoms with E-state index in [0.29, 0.717) is 11.3 Å².